The van der Waals surface area contributed by atoms with Gasteiger partial charge in [-0.15, -0.1) is 0 Å². The fourth-order valence-electron chi connectivity index (χ4n) is 2.78. The van der Waals surface area contributed by atoms with Gasteiger partial charge in [0.15, 0.2) is 0 Å². The van der Waals surface area contributed by atoms with Crippen molar-refractivity contribution in [1.82, 2.24) is 9.13 Å². The van der Waals surface area contributed by atoms with E-state index in [-0.39, 0.29) is 6.54 Å². The number of aromatic nitrogens is 2. The molecule has 1 aromatic heterocycles. The zero-order valence-corrected chi connectivity index (χ0v) is 16.4. The summed E-state index contributed by atoms with van der Waals surface area (Å²) in [6, 6.07) is 14.2. The number of aryl methyl sites for hydroxylation is 2. The second-order valence-corrected chi connectivity index (χ2v) is 7.08. The van der Waals surface area contributed by atoms with Gasteiger partial charge in [0, 0.05) is 23.0 Å². The second-order valence-electron chi connectivity index (χ2n) is 6.64. The summed E-state index contributed by atoms with van der Waals surface area (Å²) in [5, 5.41) is 3.18. The molecule has 1 amide bonds. The SMILES string of the molecule is Cc1ccc(Cn2ccc(=O)n(CC(=O)Nc3cc(Cl)ccc3C)c2=O)cc1. The van der Waals surface area contributed by atoms with Crippen molar-refractivity contribution in [3.05, 3.63) is 97.3 Å². The van der Waals surface area contributed by atoms with Crippen LogP contribution < -0.4 is 16.6 Å². The van der Waals surface area contributed by atoms with Crippen LogP contribution in [0.15, 0.2) is 64.3 Å². The quantitative estimate of drug-likeness (QED) is 0.719. The van der Waals surface area contributed by atoms with E-state index in [2.05, 4.69) is 5.32 Å². The minimum atomic E-state index is -0.536. The van der Waals surface area contributed by atoms with Crippen LogP contribution in [0, 0.1) is 13.8 Å². The zero-order valence-electron chi connectivity index (χ0n) is 15.6. The topological polar surface area (TPSA) is 73.1 Å². The molecule has 0 aliphatic rings. The lowest BCUT2D eigenvalue weighted by Gasteiger charge is -2.12. The summed E-state index contributed by atoms with van der Waals surface area (Å²) in [5.41, 5.74) is 2.36. The molecule has 3 rings (SSSR count). The lowest BCUT2D eigenvalue weighted by molar-refractivity contribution is -0.116. The third kappa shape index (κ3) is 4.58. The van der Waals surface area contributed by atoms with E-state index in [0.717, 1.165) is 21.3 Å². The van der Waals surface area contributed by atoms with Crippen LogP contribution in [-0.2, 0) is 17.9 Å². The van der Waals surface area contributed by atoms with Crippen LogP contribution in [0.3, 0.4) is 0 Å². The van der Waals surface area contributed by atoms with Crippen molar-refractivity contribution in [2.75, 3.05) is 5.32 Å². The molecule has 0 radical (unpaired) electrons. The Morgan fingerprint density at radius 1 is 1.04 bits per heavy atom. The first-order valence-electron chi connectivity index (χ1n) is 8.75. The average Bonchev–Trinajstić information content (AvgIpc) is 2.66. The van der Waals surface area contributed by atoms with Crippen LogP contribution in [0.2, 0.25) is 5.02 Å². The van der Waals surface area contributed by atoms with Gasteiger partial charge >= 0.3 is 5.69 Å². The van der Waals surface area contributed by atoms with Crippen molar-refractivity contribution in [3.63, 3.8) is 0 Å². The summed E-state index contributed by atoms with van der Waals surface area (Å²) in [6.07, 6.45) is 1.44. The van der Waals surface area contributed by atoms with Crippen LogP contribution in [0.4, 0.5) is 5.69 Å². The molecule has 28 heavy (non-hydrogen) atoms. The van der Waals surface area contributed by atoms with Gasteiger partial charge in [-0.2, -0.15) is 0 Å². The molecule has 144 valence electrons. The maximum absolute atomic E-state index is 12.7. The van der Waals surface area contributed by atoms with E-state index in [1.165, 1.54) is 16.8 Å². The highest BCUT2D eigenvalue weighted by Crippen LogP contribution is 2.20. The Morgan fingerprint density at radius 3 is 2.46 bits per heavy atom. The number of benzene rings is 2. The second kappa shape index (κ2) is 8.27. The van der Waals surface area contributed by atoms with E-state index in [9.17, 15) is 14.4 Å². The first-order chi connectivity index (χ1) is 13.3. The van der Waals surface area contributed by atoms with Gasteiger partial charge in [-0.25, -0.2) is 4.79 Å². The van der Waals surface area contributed by atoms with Crippen LogP contribution in [0.5, 0.6) is 0 Å². The molecular formula is C21H20ClN3O3. The normalized spacial score (nSPS) is 10.7. The van der Waals surface area contributed by atoms with Crippen molar-refractivity contribution in [3.8, 4) is 0 Å². The summed E-state index contributed by atoms with van der Waals surface area (Å²) in [4.78, 5) is 37.2. The minimum Gasteiger partial charge on any atom is -0.324 e. The van der Waals surface area contributed by atoms with Gasteiger partial charge in [0.2, 0.25) is 5.91 Å². The number of nitrogens with one attached hydrogen (secondary N) is 1. The summed E-state index contributed by atoms with van der Waals surface area (Å²) >= 11 is 5.96. The number of anilines is 1. The molecule has 0 aliphatic heterocycles. The smallest absolute Gasteiger partial charge is 0.324 e. The maximum atomic E-state index is 12.7. The van der Waals surface area contributed by atoms with E-state index in [1.54, 1.807) is 18.2 Å². The number of carbonyl (C=O) groups excluding carboxylic acids is 1. The highest BCUT2D eigenvalue weighted by atomic mass is 35.5. The van der Waals surface area contributed by atoms with Gasteiger partial charge in [0.25, 0.3) is 5.56 Å². The molecule has 2 aromatic carbocycles. The Kier molecular flexibility index (Phi) is 5.80. The van der Waals surface area contributed by atoms with E-state index in [0.29, 0.717) is 17.3 Å². The predicted octanol–water partition coefficient (Wildman–Crippen LogP) is 2.97. The van der Waals surface area contributed by atoms with Crippen molar-refractivity contribution in [2.24, 2.45) is 0 Å². The van der Waals surface area contributed by atoms with Gasteiger partial charge in [-0.3, -0.25) is 18.7 Å². The summed E-state index contributed by atoms with van der Waals surface area (Å²) in [5.74, 6) is -0.474. The van der Waals surface area contributed by atoms with Crippen molar-refractivity contribution in [1.29, 1.82) is 0 Å². The van der Waals surface area contributed by atoms with Gasteiger partial charge in [-0.05, 0) is 37.1 Å². The number of rotatable bonds is 5. The van der Waals surface area contributed by atoms with E-state index >= 15 is 0 Å². The molecular weight excluding hydrogens is 378 g/mol. The van der Waals surface area contributed by atoms with Gasteiger partial charge in [0.05, 0.1) is 6.54 Å². The Morgan fingerprint density at radius 2 is 1.75 bits per heavy atom. The Hall–Kier alpha value is -3.12. The number of amides is 1. The van der Waals surface area contributed by atoms with E-state index in [1.807, 2.05) is 38.1 Å². The van der Waals surface area contributed by atoms with Crippen molar-refractivity contribution >= 4 is 23.2 Å². The Bertz CT molecular complexity index is 1130. The standard InChI is InChI=1S/C21H20ClN3O3/c1-14-3-6-16(7-4-14)12-24-10-9-20(27)25(21(24)28)13-19(26)23-18-11-17(22)8-5-15(18)2/h3-11H,12-13H2,1-2H3,(H,23,26). The molecule has 1 N–H and O–H groups in total. The maximum Gasteiger partial charge on any atom is 0.331 e. The van der Waals surface area contributed by atoms with Crippen molar-refractivity contribution < 1.29 is 4.79 Å². The lowest BCUT2D eigenvalue weighted by Crippen LogP contribution is -2.41. The van der Waals surface area contributed by atoms with Crippen LogP contribution in [0.1, 0.15) is 16.7 Å². The van der Waals surface area contributed by atoms with Crippen LogP contribution >= 0.6 is 11.6 Å². The Labute approximate surface area is 167 Å². The molecule has 0 saturated carbocycles. The lowest BCUT2D eigenvalue weighted by atomic mass is 10.1. The number of hydrogen-bond acceptors (Lipinski definition) is 3. The molecule has 6 nitrogen and oxygen atoms in total. The molecule has 0 spiro atoms. The third-order valence-electron chi connectivity index (χ3n) is 4.39. The molecule has 0 unspecified atom stereocenters. The predicted molar refractivity (Wildman–Crippen MR) is 110 cm³/mol. The number of carbonyl (C=O) groups is 1. The monoisotopic (exact) mass is 397 g/mol. The minimum absolute atomic E-state index is 0.314. The zero-order chi connectivity index (χ0) is 20.3. The highest BCUT2D eigenvalue weighted by molar-refractivity contribution is 6.31. The highest BCUT2D eigenvalue weighted by Gasteiger charge is 2.12. The molecule has 3 aromatic rings. The van der Waals surface area contributed by atoms with E-state index in [4.69, 9.17) is 11.6 Å². The summed E-state index contributed by atoms with van der Waals surface area (Å²) in [6.45, 7) is 3.75. The first kappa shape index (κ1) is 19.6. The molecule has 0 aliphatic carbocycles. The molecule has 1 heterocycles. The molecule has 0 atom stereocenters. The molecule has 0 saturated heterocycles. The van der Waals surface area contributed by atoms with Gasteiger partial charge in [-0.1, -0.05) is 47.5 Å². The van der Waals surface area contributed by atoms with Gasteiger partial charge in [0.1, 0.15) is 6.54 Å². The average molecular weight is 398 g/mol. The first-order valence-corrected chi connectivity index (χ1v) is 9.13. The summed E-state index contributed by atoms with van der Waals surface area (Å²) < 4.78 is 2.33. The van der Waals surface area contributed by atoms with Crippen LogP contribution in [0.25, 0.3) is 0 Å². The summed E-state index contributed by atoms with van der Waals surface area (Å²) in [7, 11) is 0. The number of halogens is 1. The molecule has 0 fully saturated rings. The fourth-order valence-corrected chi connectivity index (χ4v) is 2.95. The number of nitrogens with zero attached hydrogens (tertiary/aromatic N) is 2. The third-order valence-corrected chi connectivity index (χ3v) is 4.62. The van der Waals surface area contributed by atoms with E-state index < -0.39 is 17.2 Å². The molecule has 0 bridgehead atoms. The molecule has 7 heteroatoms. The largest absolute Gasteiger partial charge is 0.331 e. The van der Waals surface area contributed by atoms with Gasteiger partial charge < -0.3 is 5.32 Å². The van der Waals surface area contributed by atoms with Crippen molar-refractivity contribution in [2.45, 2.75) is 26.9 Å². The fraction of sp³-hybridized carbons (Fsp3) is 0.190. The van der Waals surface area contributed by atoms with Crippen LogP contribution in [-0.4, -0.2) is 15.0 Å². The Balaban J connectivity index is 1.82. The number of hydrogen-bond donors (Lipinski definition) is 1.